The van der Waals surface area contributed by atoms with Gasteiger partial charge in [0, 0.05) is 58.5 Å². The van der Waals surface area contributed by atoms with Gasteiger partial charge in [-0.25, -0.2) is 0 Å². The van der Waals surface area contributed by atoms with Gasteiger partial charge >= 0.3 is 0 Å². The van der Waals surface area contributed by atoms with Crippen LogP contribution in [0.25, 0.3) is 0 Å². The summed E-state index contributed by atoms with van der Waals surface area (Å²) in [6.45, 7) is 3.73. The van der Waals surface area contributed by atoms with Gasteiger partial charge in [-0.05, 0) is 61.0 Å². The zero-order valence-corrected chi connectivity index (χ0v) is 22.3. The van der Waals surface area contributed by atoms with Crippen molar-refractivity contribution in [1.29, 1.82) is 10.5 Å². The number of rotatable bonds is 1. The predicted octanol–water partition coefficient (Wildman–Crippen LogP) is 7.58. The lowest BCUT2D eigenvalue weighted by Gasteiger charge is -2.04. The number of nitrogens with two attached hydrogens (primary N) is 2. The lowest BCUT2D eigenvalue weighted by molar-refractivity contribution is 1.37. The smallest absolute Gasteiger partial charge is 0.138 e. The molecule has 148 valence electrons. The summed E-state index contributed by atoms with van der Waals surface area (Å²) in [5, 5.41) is 20.3. The predicted molar refractivity (Wildman–Crippen MR) is 141 cm³/mol. The molecule has 0 heterocycles. The van der Waals surface area contributed by atoms with Gasteiger partial charge in [0.05, 0.1) is 5.02 Å². The van der Waals surface area contributed by atoms with Crippen molar-refractivity contribution in [3.05, 3.63) is 51.5 Å². The van der Waals surface area contributed by atoms with Gasteiger partial charge in [0.1, 0.15) is 10.8 Å². The number of thiocyanates is 2. The van der Waals surface area contributed by atoms with Crippen LogP contribution in [0.4, 0.5) is 11.4 Å². The van der Waals surface area contributed by atoms with E-state index in [0.717, 1.165) is 38.5 Å². The van der Waals surface area contributed by atoms with Crippen LogP contribution in [0.1, 0.15) is 11.1 Å². The maximum absolute atomic E-state index is 8.43. The molecule has 0 saturated carbocycles. The molecule has 0 spiro atoms. The quantitative estimate of drug-likeness (QED) is 0.0815. The summed E-state index contributed by atoms with van der Waals surface area (Å²) < 4.78 is 0. The van der Waals surface area contributed by atoms with Crippen LogP contribution in [0.15, 0.2) is 35.2 Å². The van der Waals surface area contributed by atoms with E-state index in [2.05, 4.69) is 49.9 Å². The summed E-state index contributed by atoms with van der Waals surface area (Å²) in [6.07, 6.45) is 0. The van der Waals surface area contributed by atoms with Crippen molar-refractivity contribution in [2.75, 3.05) is 11.5 Å². The summed E-state index contributed by atoms with van der Waals surface area (Å²) in [5.74, 6) is 0. The lowest BCUT2D eigenvalue weighted by atomic mass is 10.2. The maximum atomic E-state index is 8.43. The number of hydrogen-bond donors (Lipinski definition) is 4. The molecule has 0 aliphatic heterocycles. The van der Waals surface area contributed by atoms with Crippen LogP contribution in [-0.4, -0.2) is 0 Å². The largest absolute Gasteiger partial charge is 0.398 e. The van der Waals surface area contributed by atoms with E-state index in [1.807, 2.05) is 37.4 Å². The second-order valence-electron chi connectivity index (χ2n) is 4.34. The summed E-state index contributed by atoms with van der Waals surface area (Å²) in [6, 6.07) is 9.00. The molecular formula is C16H20Cl2I2N5S2+. The number of nitrogens with zero attached hydrogens (tertiary/aromatic N) is 2. The number of halogens is 4. The summed E-state index contributed by atoms with van der Waals surface area (Å²) >= 11 is 20.0. The highest BCUT2D eigenvalue weighted by molar-refractivity contribution is 15.0. The lowest BCUT2D eigenvalue weighted by Crippen LogP contribution is -1.90. The van der Waals surface area contributed by atoms with Crippen LogP contribution >= 0.6 is 84.8 Å². The maximum Gasteiger partial charge on any atom is 0.138 e. The van der Waals surface area contributed by atoms with E-state index in [9.17, 15) is 0 Å². The summed E-state index contributed by atoms with van der Waals surface area (Å²) in [5.41, 5.74) is 14.3. The van der Waals surface area contributed by atoms with Gasteiger partial charge in [0.25, 0.3) is 0 Å². The fourth-order valence-corrected chi connectivity index (χ4v) is 2.37. The zero-order valence-electron chi connectivity index (χ0n) is 14.8. The molecule has 0 fully saturated rings. The molecule has 5 nitrogen and oxygen atoms in total. The number of anilines is 2. The Hall–Kier alpha value is -0.280. The van der Waals surface area contributed by atoms with Crippen molar-refractivity contribution in [3.63, 3.8) is 0 Å². The highest BCUT2D eigenvalue weighted by atomic mass is 128. The number of nitriles is 2. The number of thiol groups is 1. The molecule has 0 saturated heterocycles. The van der Waals surface area contributed by atoms with Gasteiger partial charge in [-0.2, -0.15) is 10.5 Å². The molecule has 0 aromatic heterocycles. The van der Waals surface area contributed by atoms with Crippen LogP contribution in [0, 0.1) is 35.2 Å². The normalized spacial score (nSPS) is 7.89. The Kier molecular flexibility index (Phi) is 22.2. The van der Waals surface area contributed by atoms with E-state index in [-0.39, 0.29) is 6.15 Å². The molecule has 0 atom stereocenters. The molecule has 2 aromatic carbocycles. The average molecular weight is 671 g/mol. The topological polar surface area (TPSA) is 136 Å². The third-order valence-electron chi connectivity index (χ3n) is 2.86. The van der Waals surface area contributed by atoms with E-state index in [1.165, 1.54) is 5.40 Å². The Labute approximate surface area is 203 Å². The zero-order chi connectivity index (χ0) is 20.7. The third-order valence-corrected chi connectivity index (χ3v) is 4.52. The van der Waals surface area contributed by atoms with E-state index in [4.69, 9.17) is 45.2 Å². The molecule has 0 aliphatic carbocycles. The van der Waals surface area contributed by atoms with Crippen molar-refractivity contribution >= 4 is 96.2 Å². The molecule has 2 aromatic rings. The van der Waals surface area contributed by atoms with Gasteiger partial charge in [0.2, 0.25) is 0 Å². The van der Waals surface area contributed by atoms with Crippen molar-refractivity contribution < 1.29 is 0 Å². The van der Waals surface area contributed by atoms with Crippen molar-refractivity contribution in [2.24, 2.45) is 0 Å². The van der Waals surface area contributed by atoms with E-state index >= 15 is 0 Å². The Morgan fingerprint density at radius 3 is 1.89 bits per heavy atom. The first-order chi connectivity index (χ1) is 12.3. The molecule has 8 N–H and O–H groups in total. The molecule has 27 heavy (non-hydrogen) atoms. The van der Waals surface area contributed by atoms with Crippen molar-refractivity contribution in [3.8, 4) is 10.8 Å². The van der Waals surface area contributed by atoms with Crippen LogP contribution in [0.5, 0.6) is 0 Å². The highest BCUT2D eigenvalue weighted by Crippen LogP contribution is 2.32. The molecule has 0 unspecified atom stereocenters. The number of hydrogen-bond acceptors (Lipinski definition) is 6. The Morgan fingerprint density at radius 2 is 1.48 bits per heavy atom. The number of benzene rings is 2. The summed E-state index contributed by atoms with van der Waals surface area (Å²) in [7, 11) is 0. The van der Waals surface area contributed by atoms with Gasteiger partial charge in [-0.1, -0.05) is 41.9 Å². The molecule has 11 heteroatoms. The van der Waals surface area contributed by atoms with Crippen LogP contribution < -0.4 is 17.6 Å². The molecule has 0 aliphatic rings. The second kappa shape index (κ2) is 19.1. The molecular weight excluding hydrogens is 651 g/mol. The fraction of sp³-hybridized carbons (Fsp3) is 0.125. The van der Waals surface area contributed by atoms with Gasteiger partial charge < -0.3 is 17.6 Å². The minimum atomic E-state index is 0. The first-order valence-electron chi connectivity index (χ1n) is 6.58. The standard InChI is InChI=1S/C8H7ClN2S.C7H8ClN.CHNS.I2.H3N/c1-5-6(11)2-3-7(8(5)9)12-4-10;1-5-6(8)3-2-4-7(5)9;2-1-3;1-2;/h2-3H,11H2,1H3;2-4H,9H2,1H3;3H;;1H3/p+1. The molecule has 0 amide bonds. The minimum absolute atomic E-state index is 0. The average Bonchev–Trinajstić information content (AvgIpc) is 2.63. The monoisotopic (exact) mass is 670 g/mol. The number of nitrogen functional groups attached to an aromatic ring is 2. The Balaban J connectivity index is -0.000000342. The molecule has 2 rings (SSSR count). The minimum Gasteiger partial charge on any atom is -0.398 e. The number of quaternary nitrogens is 1. The second-order valence-corrected chi connectivity index (χ2v) is 6.15. The van der Waals surface area contributed by atoms with Gasteiger partial charge in [-0.15, -0.1) is 0 Å². The van der Waals surface area contributed by atoms with E-state index in [1.54, 1.807) is 12.1 Å². The first kappa shape index (κ1) is 31.4. The summed E-state index contributed by atoms with van der Waals surface area (Å²) in [4.78, 5) is 0.755. The van der Waals surface area contributed by atoms with Crippen molar-refractivity contribution in [1.82, 2.24) is 6.15 Å². The van der Waals surface area contributed by atoms with E-state index < -0.39 is 0 Å². The fourth-order valence-electron chi connectivity index (χ4n) is 1.43. The molecule has 0 bridgehead atoms. The third kappa shape index (κ3) is 12.7. The first-order valence-corrected chi connectivity index (χ1v) is 14.9. The Bertz CT molecular complexity index is 760. The van der Waals surface area contributed by atoms with Gasteiger partial charge in [-0.3, -0.25) is 0 Å². The molecule has 0 radical (unpaired) electrons. The number of thioether (sulfide) groups is 1. The highest BCUT2D eigenvalue weighted by Gasteiger charge is 2.05. The van der Waals surface area contributed by atoms with Gasteiger partial charge in [0.15, 0.2) is 0 Å². The van der Waals surface area contributed by atoms with Crippen LogP contribution in [-0.2, 0) is 0 Å². The SMILES string of the molecule is Cc1c(N)ccc(SC#N)c1Cl.Cc1c(N)cccc1Cl.II.N#CS.[NH4+]. The Morgan fingerprint density at radius 1 is 1.00 bits per heavy atom. The van der Waals surface area contributed by atoms with E-state index in [0.29, 0.717) is 10.7 Å². The van der Waals surface area contributed by atoms with Crippen LogP contribution in [0.2, 0.25) is 10.0 Å². The van der Waals surface area contributed by atoms with Crippen LogP contribution in [0.3, 0.4) is 0 Å². The van der Waals surface area contributed by atoms with Crippen molar-refractivity contribution in [2.45, 2.75) is 18.7 Å².